The summed E-state index contributed by atoms with van der Waals surface area (Å²) in [6.45, 7) is 0. The van der Waals surface area contributed by atoms with Gasteiger partial charge >= 0.3 is 11.9 Å². The van der Waals surface area contributed by atoms with E-state index in [0.717, 1.165) is 0 Å². The first kappa shape index (κ1) is 10.8. The Hall–Kier alpha value is -1.18. The summed E-state index contributed by atoms with van der Waals surface area (Å²) in [5.41, 5.74) is 5.11. The molecule has 0 aliphatic rings. The highest BCUT2D eigenvalue weighted by Gasteiger charge is 2.16. The molecule has 0 heterocycles. The average molecular weight is 179 g/mol. The van der Waals surface area contributed by atoms with Crippen molar-refractivity contribution >= 4 is 11.9 Å². The molecule has 1 unspecified atom stereocenters. The van der Waals surface area contributed by atoms with Crippen LogP contribution in [0.3, 0.4) is 0 Å². The van der Waals surface area contributed by atoms with Crippen molar-refractivity contribution in [3.63, 3.8) is 0 Å². The third kappa shape index (κ3) is 3.86. The van der Waals surface area contributed by atoms with Crippen LogP contribution in [0.2, 0.25) is 0 Å². The summed E-state index contributed by atoms with van der Waals surface area (Å²) in [5, 5.41) is 15.6. The summed E-state index contributed by atoms with van der Waals surface area (Å²) in [5.74, 6) is -1.95. The SMILES string of the molecule is NC(CCC(=O)OO)C(=O)OO. The molecule has 70 valence electrons. The molecule has 0 aliphatic carbocycles. The molecule has 0 amide bonds. The standard InChI is InChI=1S/C5H9NO6/c6-3(5(8)12-10)1-2-4(7)11-9/h3,9-10H,1-2,6H2. The van der Waals surface area contributed by atoms with Gasteiger partial charge in [0.2, 0.25) is 0 Å². The van der Waals surface area contributed by atoms with Gasteiger partial charge in [0.1, 0.15) is 6.04 Å². The van der Waals surface area contributed by atoms with Gasteiger partial charge in [0, 0.05) is 0 Å². The summed E-state index contributed by atoms with van der Waals surface area (Å²) in [7, 11) is 0. The number of carbonyl (C=O) groups excluding carboxylic acids is 2. The molecule has 0 saturated heterocycles. The zero-order valence-corrected chi connectivity index (χ0v) is 6.10. The first-order chi connectivity index (χ1) is 5.61. The minimum Gasteiger partial charge on any atom is -0.318 e. The Balaban J connectivity index is 3.63. The summed E-state index contributed by atoms with van der Waals surface area (Å²) in [4.78, 5) is 27.3. The van der Waals surface area contributed by atoms with Crippen molar-refractivity contribution in [3.05, 3.63) is 0 Å². The van der Waals surface area contributed by atoms with Crippen molar-refractivity contribution in [2.24, 2.45) is 5.73 Å². The van der Waals surface area contributed by atoms with Gasteiger partial charge < -0.3 is 10.6 Å². The lowest BCUT2D eigenvalue weighted by atomic mass is 10.2. The Labute approximate surface area is 67.5 Å². The Morgan fingerprint density at radius 2 is 1.92 bits per heavy atom. The van der Waals surface area contributed by atoms with Crippen molar-refractivity contribution < 1.29 is 29.9 Å². The van der Waals surface area contributed by atoms with Gasteiger partial charge in [-0.15, -0.1) is 0 Å². The van der Waals surface area contributed by atoms with Crippen LogP contribution in [-0.4, -0.2) is 28.5 Å². The van der Waals surface area contributed by atoms with Crippen molar-refractivity contribution in [2.75, 3.05) is 0 Å². The summed E-state index contributed by atoms with van der Waals surface area (Å²) < 4.78 is 0. The highest BCUT2D eigenvalue weighted by molar-refractivity contribution is 5.76. The summed E-state index contributed by atoms with van der Waals surface area (Å²) in [6, 6.07) is -1.10. The van der Waals surface area contributed by atoms with E-state index in [9.17, 15) is 9.59 Å². The number of hydrogen-bond donors (Lipinski definition) is 3. The molecule has 1 atom stereocenters. The van der Waals surface area contributed by atoms with E-state index >= 15 is 0 Å². The first-order valence-corrected chi connectivity index (χ1v) is 3.07. The van der Waals surface area contributed by atoms with Crippen molar-refractivity contribution in [1.82, 2.24) is 0 Å². The maximum Gasteiger partial charge on any atom is 0.358 e. The molecule has 0 aromatic rings. The van der Waals surface area contributed by atoms with Crippen LogP contribution in [0.5, 0.6) is 0 Å². The van der Waals surface area contributed by atoms with Crippen LogP contribution in [0.25, 0.3) is 0 Å². The zero-order valence-electron chi connectivity index (χ0n) is 6.10. The minimum absolute atomic E-state index is 0.0706. The third-order valence-electron chi connectivity index (χ3n) is 1.15. The van der Waals surface area contributed by atoms with E-state index < -0.39 is 18.0 Å². The quantitative estimate of drug-likeness (QED) is 0.379. The second kappa shape index (κ2) is 5.47. The van der Waals surface area contributed by atoms with Crippen molar-refractivity contribution in [2.45, 2.75) is 18.9 Å². The number of carbonyl (C=O) groups is 2. The monoisotopic (exact) mass is 179 g/mol. The van der Waals surface area contributed by atoms with Crippen molar-refractivity contribution in [3.8, 4) is 0 Å². The number of nitrogens with two attached hydrogens (primary N) is 1. The highest BCUT2D eigenvalue weighted by Crippen LogP contribution is 1.97. The molecule has 0 aliphatic heterocycles. The minimum atomic E-state index is -1.10. The van der Waals surface area contributed by atoms with Crippen LogP contribution in [0.1, 0.15) is 12.8 Å². The molecule has 0 saturated carbocycles. The van der Waals surface area contributed by atoms with Crippen LogP contribution in [-0.2, 0) is 19.4 Å². The maximum atomic E-state index is 10.4. The van der Waals surface area contributed by atoms with E-state index in [4.69, 9.17) is 16.2 Å². The molecule has 0 bridgehead atoms. The lowest BCUT2D eigenvalue weighted by molar-refractivity contribution is -0.237. The van der Waals surface area contributed by atoms with Crippen LogP contribution in [0, 0.1) is 0 Å². The molecule has 7 nitrogen and oxygen atoms in total. The normalized spacial score (nSPS) is 11.9. The van der Waals surface area contributed by atoms with Gasteiger partial charge in [-0.25, -0.2) is 9.59 Å². The van der Waals surface area contributed by atoms with E-state index in [0.29, 0.717) is 0 Å². The summed E-state index contributed by atoms with van der Waals surface area (Å²) in [6.07, 6.45) is -0.300. The Kier molecular flexibility index (Phi) is 4.93. The van der Waals surface area contributed by atoms with Gasteiger partial charge in [-0.05, 0) is 6.42 Å². The number of rotatable bonds is 4. The number of hydrogen-bond acceptors (Lipinski definition) is 7. The van der Waals surface area contributed by atoms with E-state index in [-0.39, 0.29) is 12.8 Å². The van der Waals surface area contributed by atoms with Gasteiger partial charge in [-0.3, -0.25) is 4.89 Å². The molecule has 4 N–H and O–H groups in total. The van der Waals surface area contributed by atoms with Crippen LogP contribution in [0.15, 0.2) is 0 Å². The molecule has 0 rings (SSSR count). The highest BCUT2D eigenvalue weighted by atomic mass is 17.1. The van der Waals surface area contributed by atoms with E-state index in [1.54, 1.807) is 0 Å². The summed E-state index contributed by atoms with van der Waals surface area (Å²) >= 11 is 0. The molecule has 0 spiro atoms. The van der Waals surface area contributed by atoms with Crippen LogP contribution in [0.4, 0.5) is 0 Å². The lowest BCUT2D eigenvalue weighted by Gasteiger charge is -2.04. The lowest BCUT2D eigenvalue weighted by Crippen LogP contribution is -2.32. The molecular formula is C5H9NO6. The molecule has 0 aromatic carbocycles. The largest absolute Gasteiger partial charge is 0.358 e. The second-order valence-electron chi connectivity index (χ2n) is 2.02. The Morgan fingerprint density at radius 3 is 2.33 bits per heavy atom. The van der Waals surface area contributed by atoms with Crippen LogP contribution >= 0.6 is 0 Å². The Morgan fingerprint density at radius 1 is 1.33 bits per heavy atom. The Bertz CT molecular complexity index is 169. The van der Waals surface area contributed by atoms with Gasteiger partial charge in [0.15, 0.2) is 0 Å². The van der Waals surface area contributed by atoms with Crippen molar-refractivity contribution in [1.29, 1.82) is 0 Å². The van der Waals surface area contributed by atoms with E-state index in [1.165, 1.54) is 0 Å². The molecule has 0 radical (unpaired) electrons. The van der Waals surface area contributed by atoms with Gasteiger partial charge in [-0.2, -0.15) is 10.5 Å². The molecule has 0 aromatic heterocycles. The molecule has 0 fully saturated rings. The molecular weight excluding hydrogens is 170 g/mol. The maximum absolute atomic E-state index is 10.4. The smallest absolute Gasteiger partial charge is 0.318 e. The van der Waals surface area contributed by atoms with Gasteiger partial charge in [0.05, 0.1) is 6.42 Å². The van der Waals surface area contributed by atoms with E-state index in [1.807, 2.05) is 0 Å². The van der Waals surface area contributed by atoms with Gasteiger partial charge in [0.25, 0.3) is 0 Å². The van der Waals surface area contributed by atoms with E-state index in [2.05, 4.69) is 9.78 Å². The zero-order chi connectivity index (χ0) is 9.56. The predicted octanol–water partition coefficient (Wildman–Crippen LogP) is -0.874. The molecule has 12 heavy (non-hydrogen) atoms. The fraction of sp³-hybridized carbons (Fsp3) is 0.600. The molecule has 7 heteroatoms. The first-order valence-electron chi connectivity index (χ1n) is 3.07. The fourth-order valence-corrected chi connectivity index (χ4v) is 0.505. The topological polar surface area (TPSA) is 119 Å². The predicted molar refractivity (Wildman–Crippen MR) is 34.7 cm³/mol. The average Bonchev–Trinajstić information content (AvgIpc) is 2.11. The second-order valence-corrected chi connectivity index (χ2v) is 2.02. The van der Waals surface area contributed by atoms with Gasteiger partial charge in [-0.1, -0.05) is 0 Å². The third-order valence-corrected chi connectivity index (χ3v) is 1.15. The van der Waals surface area contributed by atoms with Crippen LogP contribution < -0.4 is 5.73 Å². The fourth-order valence-electron chi connectivity index (χ4n) is 0.505.